The van der Waals surface area contributed by atoms with Gasteiger partial charge in [-0.2, -0.15) is 0 Å². The van der Waals surface area contributed by atoms with Gasteiger partial charge in [-0.05, 0) is 25.7 Å². The molecule has 0 aromatic rings. The molecule has 82 valence electrons. The van der Waals surface area contributed by atoms with Gasteiger partial charge in [-0.3, -0.25) is 4.79 Å². The topological polar surface area (TPSA) is 60.4 Å². The van der Waals surface area contributed by atoms with Crippen molar-refractivity contribution in [1.29, 1.82) is 0 Å². The normalized spacial score (nSPS) is 28.4. The molecule has 1 aliphatic rings. The fourth-order valence-corrected chi connectivity index (χ4v) is 3.12. The van der Waals surface area contributed by atoms with Crippen LogP contribution in [-0.4, -0.2) is 26.7 Å². The average Bonchev–Trinajstić information content (AvgIpc) is 2.15. The highest BCUT2D eigenvalue weighted by atomic mass is 35.7. The Balaban J connectivity index is 2.51. The van der Waals surface area contributed by atoms with Crippen LogP contribution in [-0.2, 0) is 18.6 Å². The molecule has 0 aliphatic heterocycles. The van der Waals surface area contributed by atoms with Gasteiger partial charge in [0, 0.05) is 10.7 Å². The Morgan fingerprint density at radius 3 is 2.14 bits per heavy atom. The number of rotatable bonds is 2. The van der Waals surface area contributed by atoms with Crippen LogP contribution in [0.4, 0.5) is 0 Å². The highest BCUT2D eigenvalue weighted by Gasteiger charge is 2.32. The molecule has 0 spiro atoms. The first-order valence-electron chi connectivity index (χ1n) is 4.46. The van der Waals surface area contributed by atoms with Gasteiger partial charge in [0.1, 0.15) is 0 Å². The van der Waals surface area contributed by atoms with Crippen LogP contribution < -0.4 is 0 Å². The number of carbonyl (C=O) groups is 1. The van der Waals surface area contributed by atoms with Crippen molar-refractivity contribution >= 4 is 25.7 Å². The van der Waals surface area contributed by atoms with E-state index in [2.05, 4.69) is 4.74 Å². The molecule has 0 unspecified atom stereocenters. The molecular formula is C8H13ClO4S. The van der Waals surface area contributed by atoms with Crippen LogP contribution >= 0.6 is 10.7 Å². The van der Waals surface area contributed by atoms with E-state index >= 15 is 0 Å². The summed E-state index contributed by atoms with van der Waals surface area (Å²) in [6.45, 7) is 0. The summed E-state index contributed by atoms with van der Waals surface area (Å²) < 4.78 is 26.6. The van der Waals surface area contributed by atoms with Crippen molar-refractivity contribution in [2.45, 2.75) is 30.9 Å². The summed E-state index contributed by atoms with van der Waals surface area (Å²) in [6.07, 6.45) is 1.99. The summed E-state index contributed by atoms with van der Waals surface area (Å²) in [7, 11) is 3.11. The minimum absolute atomic E-state index is 0.158. The third-order valence-electron chi connectivity index (χ3n) is 2.61. The van der Waals surface area contributed by atoms with E-state index in [0.717, 1.165) is 0 Å². The van der Waals surface area contributed by atoms with Gasteiger partial charge in [-0.1, -0.05) is 0 Å². The summed E-state index contributed by atoms with van der Waals surface area (Å²) in [5.41, 5.74) is 0. The lowest BCUT2D eigenvalue weighted by molar-refractivity contribution is -0.146. The Kier molecular flexibility index (Phi) is 3.78. The molecular weight excluding hydrogens is 228 g/mol. The summed E-state index contributed by atoms with van der Waals surface area (Å²) in [4.78, 5) is 11.1. The zero-order chi connectivity index (χ0) is 10.8. The van der Waals surface area contributed by atoms with Crippen molar-refractivity contribution in [3.63, 3.8) is 0 Å². The lowest BCUT2D eigenvalue weighted by Crippen LogP contribution is -2.28. The Hall–Kier alpha value is -0.290. The number of halogens is 1. The molecule has 0 heterocycles. The third kappa shape index (κ3) is 2.85. The van der Waals surface area contributed by atoms with Gasteiger partial charge in [-0.15, -0.1) is 0 Å². The minimum atomic E-state index is -3.46. The molecule has 0 aromatic carbocycles. The first-order valence-corrected chi connectivity index (χ1v) is 6.83. The van der Waals surface area contributed by atoms with Crippen LogP contribution in [0.25, 0.3) is 0 Å². The lowest BCUT2D eigenvalue weighted by Gasteiger charge is -2.24. The Labute approximate surface area is 88.0 Å². The molecule has 0 N–H and O–H groups in total. The molecule has 0 saturated heterocycles. The maximum Gasteiger partial charge on any atom is 0.308 e. The highest BCUT2D eigenvalue weighted by molar-refractivity contribution is 8.14. The predicted octanol–water partition coefficient (Wildman–Crippen LogP) is 1.29. The molecule has 4 nitrogen and oxygen atoms in total. The van der Waals surface area contributed by atoms with E-state index in [1.54, 1.807) is 0 Å². The van der Waals surface area contributed by atoms with Crippen LogP contribution in [0.2, 0.25) is 0 Å². The summed E-state index contributed by atoms with van der Waals surface area (Å²) >= 11 is 0. The third-order valence-corrected chi connectivity index (χ3v) is 4.63. The number of hydrogen-bond donors (Lipinski definition) is 0. The minimum Gasteiger partial charge on any atom is -0.469 e. The van der Waals surface area contributed by atoms with Crippen LogP contribution in [0.1, 0.15) is 25.7 Å². The van der Waals surface area contributed by atoms with Crippen molar-refractivity contribution in [2.24, 2.45) is 5.92 Å². The van der Waals surface area contributed by atoms with E-state index in [1.807, 2.05) is 0 Å². The largest absolute Gasteiger partial charge is 0.469 e. The summed E-state index contributed by atoms with van der Waals surface area (Å²) in [5, 5.41) is -0.495. The van der Waals surface area contributed by atoms with Gasteiger partial charge in [0.25, 0.3) is 0 Å². The first kappa shape index (κ1) is 11.8. The highest BCUT2D eigenvalue weighted by Crippen LogP contribution is 2.30. The lowest BCUT2D eigenvalue weighted by atomic mass is 9.89. The fourth-order valence-electron chi connectivity index (χ4n) is 1.75. The molecule has 1 rings (SSSR count). The Morgan fingerprint density at radius 2 is 1.79 bits per heavy atom. The monoisotopic (exact) mass is 240 g/mol. The van der Waals surface area contributed by atoms with E-state index in [4.69, 9.17) is 10.7 Å². The maximum atomic E-state index is 11.1. The standard InChI is InChI=1S/C8H13ClO4S/c1-13-8(10)6-2-4-7(5-3-6)14(9,11)12/h6-7H,2-5H2,1H3/t6-,7+. The molecule has 1 fully saturated rings. The van der Waals surface area contributed by atoms with Gasteiger partial charge in [-0.25, -0.2) is 8.42 Å². The van der Waals surface area contributed by atoms with E-state index in [1.165, 1.54) is 7.11 Å². The van der Waals surface area contributed by atoms with Crippen LogP contribution in [0.15, 0.2) is 0 Å². The van der Waals surface area contributed by atoms with Gasteiger partial charge in [0.05, 0.1) is 18.3 Å². The first-order chi connectivity index (χ1) is 6.45. The van der Waals surface area contributed by atoms with E-state index in [0.29, 0.717) is 25.7 Å². The van der Waals surface area contributed by atoms with E-state index < -0.39 is 14.3 Å². The molecule has 0 radical (unpaired) electrons. The smallest absolute Gasteiger partial charge is 0.308 e. The molecule has 1 aliphatic carbocycles. The molecule has 0 aromatic heterocycles. The van der Waals surface area contributed by atoms with Crippen LogP contribution in [0.3, 0.4) is 0 Å². The van der Waals surface area contributed by atoms with Gasteiger partial charge >= 0.3 is 5.97 Å². The molecule has 6 heteroatoms. The Morgan fingerprint density at radius 1 is 1.29 bits per heavy atom. The van der Waals surface area contributed by atoms with Crippen LogP contribution in [0, 0.1) is 5.92 Å². The molecule has 1 saturated carbocycles. The predicted molar refractivity (Wildman–Crippen MR) is 52.5 cm³/mol. The quantitative estimate of drug-likeness (QED) is 0.539. The molecule has 14 heavy (non-hydrogen) atoms. The zero-order valence-corrected chi connectivity index (χ0v) is 9.47. The average molecular weight is 241 g/mol. The van der Waals surface area contributed by atoms with Gasteiger partial charge in [0.2, 0.25) is 9.05 Å². The Bertz CT molecular complexity index is 303. The molecule has 0 bridgehead atoms. The molecule has 0 atom stereocenters. The number of esters is 1. The summed E-state index contributed by atoms with van der Waals surface area (Å²) in [6, 6.07) is 0. The zero-order valence-electron chi connectivity index (χ0n) is 7.90. The van der Waals surface area contributed by atoms with Crippen molar-refractivity contribution in [3.8, 4) is 0 Å². The van der Waals surface area contributed by atoms with Gasteiger partial charge < -0.3 is 4.74 Å². The van der Waals surface area contributed by atoms with E-state index in [9.17, 15) is 13.2 Å². The van der Waals surface area contributed by atoms with E-state index in [-0.39, 0.29) is 11.9 Å². The fraction of sp³-hybridized carbons (Fsp3) is 0.875. The van der Waals surface area contributed by atoms with Crippen molar-refractivity contribution < 1.29 is 17.9 Å². The number of carbonyl (C=O) groups excluding carboxylic acids is 1. The maximum absolute atomic E-state index is 11.1. The van der Waals surface area contributed by atoms with Gasteiger partial charge in [0.15, 0.2) is 0 Å². The number of ether oxygens (including phenoxy) is 1. The second-order valence-electron chi connectivity index (χ2n) is 3.47. The number of hydrogen-bond acceptors (Lipinski definition) is 4. The second kappa shape index (κ2) is 4.49. The number of methoxy groups -OCH3 is 1. The summed E-state index contributed by atoms with van der Waals surface area (Å²) in [5.74, 6) is -0.412. The van der Waals surface area contributed by atoms with Crippen molar-refractivity contribution in [1.82, 2.24) is 0 Å². The van der Waals surface area contributed by atoms with Crippen LogP contribution in [0.5, 0.6) is 0 Å². The van der Waals surface area contributed by atoms with Crippen molar-refractivity contribution in [3.05, 3.63) is 0 Å². The SMILES string of the molecule is COC(=O)[C@H]1CC[C@@H](S(=O)(=O)Cl)CC1. The second-order valence-corrected chi connectivity index (χ2v) is 6.38. The molecule has 0 amide bonds. The van der Waals surface area contributed by atoms with Crippen molar-refractivity contribution in [2.75, 3.05) is 7.11 Å².